The van der Waals surface area contributed by atoms with E-state index < -0.39 is 0 Å². The van der Waals surface area contributed by atoms with Crippen LogP contribution in [0, 0.1) is 12.8 Å². The molecule has 7 heteroatoms. The zero-order chi connectivity index (χ0) is 20.9. The van der Waals surface area contributed by atoms with Crippen LogP contribution in [0.5, 0.6) is 5.75 Å². The number of benzene rings is 2. The first-order chi connectivity index (χ1) is 14.6. The van der Waals surface area contributed by atoms with Gasteiger partial charge in [0.15, 0.2) is 0 Å². The molecular weight excluding hydrogens is 418 g/mol. The standard InChI is InChI=1S/C23H24ClN3O2S/c1-16-22(30-21(26-16)15-29-20-9-7-18(24)8-10-20)23(28)25-13-17-11-12-27(14-17)19-5-3-2-4-6-19/h2-10,17H,11-15H2,1H3,(H,25,28). The van der Waals surface area contributed by atoms with Crippen molar-refractivity contribution in [3.8, 4) is 5.75 Å². The Bertz CT molecular complexity index is 991. The van der Waals surface area contributed by atoms with E-state index in [-0.39, 0.29) is 5.91 Å². The van der Waals surface area contributed by atoms with Crippen molar-refractivity contribution in [2.45, 2.75) is 20.0 Å². The lowest BCUT2D eigenvalue weighted by atomic mass is 10.1. The van der Waals surface area contributed by atoms with Gasteiger partial charge in [-0.1, -0.05) is 29.8 Å². The van der Waals surface area contributed by atoms with E-state index in [0.29, 0.717) is 29.0 Å². The molecule has 1 aromatic heterocycles. The predicted molar refractivity (Wildman–Crippen MR) is 122 cm³/mol. The summed E-state index contributed by atoms with van der Waals surface area (Å²) in [6.07, 6.45) is 1.08. The fourth-order valence-corrected chi connectivity index (χ4v) is 4.61. The number of aryl methyl sites for hydroxylation is 1. The molecule has 30 heavy (non-hydrogen) atoms. The van der Waals surface area contributed by atoms with Crippen molar-refractivity contribution in [2.75, 3.05) is 24.5 Å². The Morgan fingerprint density at radius 3 is 2.77 bits per heavy atom. The van der Waals surface area contributed by atoms with Crippen LogP contribution in [0.3, 0.4) is 0 Å². The van der Waals surface area contributed by atoms with Gasteiger partial charge in [-0.3, -0.25) is 4.79 Å². The minimum Gasteiger partial charge on any atom is -0.486 e. The lowest BCUT2D eigenvalue weighted by molar-refractivity contribution is 0.0951. The highest BCUT2D eigenvalue weighted by atomic mass is 35.5. The van der Waals surface area contributed by atoms with Crippen molar-refractivity contribution in [2.24, 2.45) is 5.92 Å². The van der Waals surface area contributed by atoms with Crippen molar-refractivity contribution in [3.63, 3.8) is 0 Å². The molecular formula is C23H24ClN3O2S. The highest BCUT2D eigenvalue weighted by Crippen LogP contribution is 2.24. The predicted octanol–water partition coefficient (Wildman–Crippen LogP) is 4.94. The molecule has 2 aromatic carbocycles. The minimum atomic E-state index is -0.0547. The number of hydrogen-bond acceptors (Lipinski definition) is 5. The number of nitrogens with one attached hydrogen (secondary N) is 1. The van der Waals surface area contributed by atoms with Gasteiger partial charge in [-0.25, -0.2) is 4.98 Å². The van der Waals surface area contributed by atoms with Crippen molar-refractivity contribution < 1.29 is 9.53 Å². The number of hydrogen-bond donors (Lipinski definition) is 1. The first kappa shape index (κ1) is 20.7. The van der Waals surface area contributed by atoms with Crippen molar-refractivity contribution in [3.05, 3.63) is 75.2 Å². The maximum atomic E-state index is 12.7. The molecule has 1 aliphatic heterocycles. The highest BCUT2D eigenvalue weighted by Gasteiger charge is 2.24. The number of anilines is 1. The lowest BCUT2D eigenvalue weighted by Gasteiger charge is -2.18. The van der Waals surface area contributed by atoms with E-state index in [1.54, 1.807) is 12.1 Å². The Labute approximate surface area is 185 Å². The molecule has 2 heterocycles. The smallest absolute Gasteiger partial charge is 0.263 e. The van der Waals surface area contributed by atoms with Crippen LogP contribution in [0.1, 0.15) is 26.8 Å². The van der Waals surface area contributed by atoms with Gasteiger partial charge in [-0.15, -0.1) is 11.3 Å². The van der Waals surface area contributed by atoms with E-state index in [4.69, 9.17) is 16.3 Å². The molecule has 4 rings (SSSR count). The summed E-state index contributed by atoms with van der Waals surface area (Å²) in [6.45, 7) is 4.86. The van der Waals surface area contributed by atoms with Crippen molar-refractivity contribution >= 4 is 34.5 Å². The summed E-state index contributed by atoms with van der Waals surface area (Å²) >= 11 is 7.28. The van der Waals surface area contributed by atoms with Gasteiger partial charge in [0.25, 0.3) is 5.91 Å². The number of aromatic nitrogens is 1. The van der Waals surface area contributed by atoms with Gasteiger partial charge in [0.1, 0.15) is 22.2 Å². The lowest BCUT2D eigenvalue weighted by Crippen LogP contribution is -2.30. The van der Waals surface area contributed by atoms with E-state index in [9.17, 15) is 4.79 Å². The summed E-state index contributed by atoms with van der Waals surface area (Å²) in [5.41, 5.74) is 1.99. The quantitative estimate of drug-likeness (QED) is 0.564. The number of nitrogens with zero attached hydrogens (tertiary/aromatic N) is 2. The third kappa shape index (κ3) is 5.12. The summed E-state index contributed by atoms with van der Waals surface area (Å²) < 4.78 is 5.74. The average molecular weight is 442 g/mol. The molecule has 5 nitrogen and oxygen atoms in total. The Kier molecular flexibility index (Phi) is 6.55. The van der Waals surface area contributed by atoms with Crippen molar-refractivity contribution in [1.82, 2.24) is 10.3 Å². The van der Waals surface area contributed by atoms with Gasteiger partial charge in [-0.05, 0) is 55.7 Å². The van der Waals surface area contributed by atoms with Gasteiger partial charge in [0.2, 0.25) is 0 Å². The van der Waals surface area contributed by atoms with Crippen LogP contribution in [-0.2, 0) is 6.61 Å². The van der Waals surface area contributed by atoms with Gasteiger partial charge >= 0.3 is 0 Å². The second-order valence-electron chi connectivity index (χ2n) is 7.41. The van der Waals surface area contributed by atoms with Crippen LogP contribution in [-0.4, -0.2) is 30.5 Å². The summed E-state index contributed by atoms with van der Waals surface area (Å²) in [5.74, 6) is 1.12. The fraction of sp³-hybridized carbons (Fsp3) is 0.304. The van der Waals surface area contributed by atoms with Gasteiger partial charge in [-0.2, -0.15) is 0 Å². The molecule has 1 amide bonds. The first-order valence-corrected chi connectivity index (χ1v) is 11.2. The number of amides is 1. The molecule has 1 atom stereocenters. The molecule has 156 valence electrons. The normalized spacial score (nSPS) is 15.9. The summed E-state index contributed by atoms with van der Waals surface area (Å²) in [6, 6.07) is 17.6. The van der Waals surface area contributed by atoms with Gasteiger partial charge < -0.3 is 15.0 Å². The minimum absolute atomic E-state index is 0.0547. The Hall–Kier alpha value is -2.57. The molecule has 0 aliphatic carbocycles. The molecule has 1 N–H and O–H groups in total. The largest absolute Gasteiger partial charge is 0.486 e. The van der Waals surface area contributed by atoms with Crippen LogP contribution in [0.25, 0.3) is 0 Å². The van der Waals surface area contributed by atoms with Crippen LogP contribution in [0.2, 0.25) is 5.02 Å². The maximum absolute atomic E-state index is 12.7. The van der Waals surface area contributed by atoms with E-state index in [1.807, 2.05) is 25.1 Å². The van der Waals surface area contributed by atoms with Gasteiger partial charge in [0, 0.05) is 30.3 Å². The zero-order valence-corrected chi connectivity index (χ0v) is 18.4. The second-order valence-corrected chi connectivity index (χ2v) is 8.93. The number of thiazole rings is 1. The summed E-state index contributed by atoms with van der Waals surface area (Å²) in [4.78, 5) is 20.2. The van der Waals surface area contributed by atoms with E-state index in [1.165, 1.54) is 17.0 Å². The molecule has 3 aromatic rings. The van der Waals surface area contributed by atoms with E-state index in [2.05, 4.69) is 39.5 Å². The number of rotatable bonds is 7. The second kappa shape index (κ2) is 9.49. The highest BCUT2D eigenvalue weighted by molar-refractivity contribution is 7.13. The van der Waals surface area contributed by atoms with E-state index >= 15 is 0 Å². The molecule has 0 saturated carbocycles. The third-order valence-corrected chi connectivity index (χ3v) is 6.56. The number of carbonyl (C=O) groups excluding carboxylic acids is 1. The number of para-hydroxylation sites is 1. The number of carbonyl (C=O) groups is 1. The molecule has 0 spiro atoms. The maximum Gasteiger partial charge on any atom is 0.263 e. The number of halogens is 1. The van der Waals surface area contributed by atoms with E-state index in [0.717, 1.165) is 36.0 Å². The Morgan fingerprint density at radius 1 is 1.23 bits per heavy atom. The fourth-order valence-electron chi connectivity index (χ4n) is 3.59. The molecule has 0 bridgehead atoms. The van der Waals surface area contributed by atoms with Crippen LogP contribution >= 0.6 is 22.9 Å². The molecule has 1 saturated heterocycles. The Morgan fingerprint density at radius 2 is 2.00 bits per heavy atom. The Balaban J connectivity index is 1.28. The molecule has 1 fully saturated rings. The van der Waals surface area contributed by atoms with Gasteiger partial charge in [0.05, 0.1) is 5.69 Å². The van der Waals surface area contributed by atoms with Crippen LogP contribution in [0.15, 0.2) is 54.6 Å². The number of ether oxygens (including phenoxy) is 1. The van der Waals surface area contributed by atoms with Crippen LogP contribution in [0.4, 0.5) is 5.69 Å². The first-order valence-electron chi connectivity index (χ1n) is 10.0. The zero-order valence-electron chi connectivity index (χ0n) is 16.8. The van der Waals surface area contributed by atoms with Crippen molar-refractivity contribution in [1.29, 1.82) is 0 Å². The molecule has 1 aliphatic rings. The summed E-state index contributed by atoms with van der Waals surface area (Å²) in [5, 5.41) is 4.54. The summed E-state index contributed by atoms with van der Waals surface area (Å²) in [7, 11) is 0. The monoisotopic (exact) mass is 441 g/mol. The molecule has 0 radical (unpaired) electrons. The van der Waals surface area contributed by atoms with Crippen LogP contribution < -0.4 is 15.0 Å². The molecule has 1 unspecified atom stereocenters. The SMILES string of the molecule is Cc1nc(COc2ccc(Cl)cc2)sc1C(=O)NCC1CCN(c2ccccc2)C1. The average Bonchev–Trinajstić information content (AvgIpc) is 3.39. The third-order valence-electron chi connectivity index (χ3n) is 5.18. The topological polar surface area (TPSA) is 54.5 Å².